The summed E-state index contributed by atoms with van der Waals surface area (Å²) in [5, 5.41) is 0.229. The maximum atomic E-state index is 11.2. The van der Waals surface area contributed by atoms with Gasteiger partial charge in [-0.2, -0.15) is 0 Å². The molecule has 0 saturated carbocycles. The number of nitrogens with one attached hydrogen (secondary N) is 1. The van der Waals surface area contributed by atoms with Crippen molar-refractivity contribution in [2.45, 2.75) is 6.92 Å². The van der Waals surface area contributed by atoms with Gasteiger partial charge in [0.2, 0.25) is 15.9 Å². The Morgan fingerprint density at radius 2 is 2.00 bits per heavy atom. The number of benzene rings is 1. The molecule has 1 aromatic heterocycles. The molecule has 22 heavy (non-hydrogen) atoms. The highest BCUT2D eigenvalue weighted by Gasteiger charge is 2.09. The summed E-state index contributed by atoms with van der Waals surface area (Å²) < 4.78 is 30.2. The minimum atomic E-state index is -3.37. The minimum absolute atomic E-state index is 0.229. The van der Waals surface area contributed by atoms with Gasteiger partial charge in [0.1, 0.15) is 5.75 Å². The molecule has 0 radical (unpaired) electrons. The number of aldehydes is 1. The molecule has 0 unspecified atom stereocenters. The Balaban J connectivity index is 2.23. The summed E-state index contributed by atoms with van der Waals surface area (Å²) in [5.74, 6) is 0.611. The third-order valence-electron chi connectivity index (χ3n) is 2.68. The first kappa shape index (κ1) is 16.3. The molecular formula is C14H13ClN2O4S. The molecule has 0 aliphatic heterocycles. The second kappa shape index (κ2) is 6.33. The highest BCUT2D eigenvalue weighted by Crippen LogP contribution is 2.31. The third kappa shape index (κ3) is 4.19. The number of carbonyl (C=O) groups excluding carboxylic acids is 1. The lowest BCUT2D eigenvalue weighted by Gasteiger charge is -2.10. The summed E-state index contributed by atoms with van der Waals surface area (Å²) in [7, 11) is -3.37. The number of nitrogens with zero attached hydrogens (tertiary/aromatic N) is 1. The molecule has 0 saturated heterocycles. The number of sulfonamides is 1. The van der Waals surface area contributed by atoms with Crippen LogP contribution in [-0.4, -0.2) is 25.9 Å². The maximum Gasteiger partial charge on any atom is 0.229 e. The van der Waals surface area contributed by atoms with Crippen molar-refractivity contribution >= 4 is 33.6 Å². The number of halogens is 1. The third-order valence-corrected chi connectivity index (χ3v) is 3.58. The Labute approximate surface area is 133 Å². The fourth-order valence-corrected chi connectivity index (χ4v) is 2.48. The van der Waals surface area contributed by atoms with Crippen LogP contribution in [0.5, 0.6) is 11.6 Å². The molecule has 0 aliphatic carbocycles. The predicted octanol–water partition coefficient (Wildman–Crippen LogP) is 3.02. The Bertz CT molecular complexity index is 822. The van der Waals surface area contributed by atoms with Crippen LogP contribution in [-0.2, 0) is 10.0 Å². The second-order valence-corrected chi connectivity index (χ2v) is 6.72. The highest BCUT2D eigenvalue weighted by atomic mass is 35.5. The minimum Gasteiger partial charge on any atom is -0.437 e. The smallest absolute Gasteiger partial charge is 0.229 e. The fraction of sp³-hybridized carbons (Fsp3) is 0.143. The second-order valence-electron chi connectivity index (χ2n) is 4.56. The van der Waals surface area contributed by atoms with Crippen LogP contribution < -0.4 is 9.46 Å². The molecular weight excluding hydrogens is 328 g/mol. The standard InChI is InChI=1S/C14H13ClN2O4S/c1-9-10(8-18)3-6-14(16-9)21-13-5-4-11(7-12(13)15)17-22(2,19)20/h3-8,17H,1-2H3. The summed E-state index contributed by atoms with van der Waals surface area (Å²) in [6.07, 6.45) is 1.76. The molecule has 0 amide bonds. The van der Waals surface area contributed by atoms with Gasteiger partial charge in [0.05, 0.1) is 22.7 Å². The molecule has 1 heterocycles. The lowest BCUT2D eigenvalue weighted by molar-refractivity contribution is 0.112. The Morgan fingerprint density at radius 3 is 2.55 bits per heavy atom. The molecule has 0 bridgehead atoms. The zero-order valence-electron chi connectivity index (χ0n) is 11.8. The highest BCUT2D eigenvalue weighted by molar-refractivity contribution is 7.92. The first-order chi connectivity index (χ1) is 10.3. The van der Waals surface area contributed by atoms with E-state index in [2.05, 4.69) is 9.71 Å². The molecule has 2 rings (SSSR count). The monoisotopic (exact) mass is 340 g/mol. The van der Waals surface area contributed by atoms with Crippen LogP contribution in [0.1, 0.15) is 16.1 Å². The number of aryl methyl sites for hydroxylation is 1. The van der Waals surface area contributed by atoms with Crippen molar-refractivity contribution in [1.82, 2.24) is 4.98 Å². The van der Waals surface area contributed by atoms with Crippen LogP contribution in [0.4, 0.5) is 5.69 Å². The van der Waals surface area contributed by atoms with E-state index >= 15 is 0 Å². The molecule has 116 valence electrons. The average molecular weight is 341 g/mol. The number of anilines is 1. The van der Waals surface area contributed by atoms with E-state index in [4.69, 9.17) is 16.3 Å². The molecule has 1 aromatic carbocycles. The topological polar surface area (TPSA) is 85.4 Å². The van der Waals surface area contributed by atoms with Crippen molar-refractivity contribution in [1.29, 1.82) is 0 Å². The number of rotatable bonds is 5. The molecule has 6 nitrogen and oxygen atoms in total. The lowest BCUT2D eigenvalue weighted by Crippen LogP contribution is -2.09. The molecule has 8 heteroatoms. The maximum absolute atomic E-state index is 11.2. The van der Waals surface area contributed by atoms with Gasteiger partial charge in [-0.15, -0.1) is 0 Å². The molecule has 1 N–H and O–H groups in total. The van der Waals surface area contributed by atoms with E-state index in [-0.39, 0.29) is 10.9 Å². The van der Waals surface area contributed by atoms with Crippen LogP contribution in [0.25, 0.3) is 0 Å². The Hall–Kier alpha value is -2.12. The van der Waals surface area contributed by atoms with Gasteiger partial charge in [0.15, 0.2) is 6.29 Å². The SMILES string of the molecule is Cc1nc(Oc2ccc(NS(C)(=O)=O)cc2Cl)ccc1C=O. The summed E-state index contributed by atoms with van der Waals surface area (Å²) in [6.45, 7) is 1.69. The van der Waals surface area contributed by atoms with Crippen molar-refractivity contribution in [3.63, 3.8) is 0 Å². The van der Waals surface area contributed by atoms with E-state index in [0.717, 1.165) is 6.26 Å². The Kier molecular flexibility index (Phi) is 4.68. The van der Waals surface area contributed by atoms with Gasteiger partial charge in [-0.1, -0.05) is 11.6 Å². The Morgan fingerprint density at radius 1 is 1.27 bits per heavy atom. The van der Waals surface area contributed by atoms with Crippen LogP contribution in [0.3, 0.4) is 0 Å². The first-order valence-corrected chi connectivity index (χ1v) is 8.43. The largest absolute Gasteiger partial charge is 0.437 e. The first-order valence-electron chi connectivity index (χ1n) is 6.16. The van der Waals surface area contributed by atoms with Gasteiger partial charge in [-0.3, -0.25) is 9.52 Å². The summed E-state index contributed by atoms with van der Waals surface area (Å²) in [4.78, 5) is 14.9. The number of carbonyl (C=O) groups is 1. The van der Waals surface area contributed by atoms with Crippen molar-refractivity contribution in [2.24, 2.45) is 0 Å². The predicted molar refractivity (Wildman–Crippen MR) is 84.4 cm³/mol. The van der Waals surface area contributed by atoms with Gasteiger partial charge in [0, 0.05) is 11.6 Å². The van der Waals surface area contributed by atoms with Gasteiger partial charge < -0.3 is 4.74 Å². The van der Waals surface area contributed by atoms with Crippen molar-refractivity contribution in [2.75, 3.05) is 11.0 Å². The van der Waals surface area contributed by atoms with E-state index in [9.17, 15) is 13.2 Å². The van der Waals surface area contributed by atoms with Crippen LogP contribution >= 0.6 is 11.6 Å². The summed E-state index contributed by atoms with van der Waals surface area (Å²) >= 11 is 6.06. The normalized spacial score (nSPS) is 11.0. The van der Waals surface area contributed by atoms with Crippen LogP contribution in [0, 0.1) is 6.92 Å². The van der Waals surface area contributed by atoms with Crippen molar-refractivity contribution in [3.05, 3.63) is 46.6 Å². The van der Waals surface area contributed by atoms with Crippen LogP contribution in [0.15, 0.2) is 30.3 Å². The molecule has 0 spiro atoms. The number of hydrogen-bond acceptors (Lipinski definition) is 5. The van der Waals surface area contributed by atoms with Crippen LogP contribution in [0.2, 0.25) is 5.02 Å². The van der Waals surface area contributed by atoms with E-state index < -0.39 is 10.0 Å². The number of aromatic nitrogens is 1. The van der Waals surface area contributed by atoms with E-state index in [1.165, 1.54) is 18.2 Å². The summed E-state index contributed by atoms with van der Waals surface area (Å²) in [6, 6.07) is 7.63. The van der Waals surface area contributed by atoms with Crippen molar-refractivity contribution < 1.29 is 17.9 Å². The number of hydrogen-bond donors (Lipinski definition) is 1. The van der Waals surface area contributed by atoms with E-state index in [0.29, 0.717) is 29.0 Å². The van der Waals surface area contributed by atoms with Gasteiger partial charge in [0.25, 0.3) is 0 Å². The molecule has 2 aromatic rings. The zero-order chi connectivity index (χ0) is 16.3. The molecule has 0 aliphatic rings. The van der Waals surface area contributed by atoms with Crippen molar-refractivity contribution in [3.8, 4) is 11.6 Å². The van der Waals surface area contributed by atoms with Gasteiger partial charge in [-0.25, -0.2) is 13.4 Å². The summed E-state index contributed by atoms with van der Waals surface area (Å²) in [5.41, 5.74) is 1.35. The zero-order valence-corrected chi connectivity index (χ0v) is 13.4. The molecule has 0 fully saturated rings. The number of ether oxygens (including phenoxy) is 1. The lowest BCUT2D eigenvalue weighted by atomic mass is 10.2. The average Bonchev–Trinajstić information content (AvgIpc) is 2.40. The number of pyridine rings is 1. The fourth-order valence-electron chi connectivity index (χ4n) is 1.70. The van der Waals surface area contributed by atoms with E-state index in [1.54, 1.807) is 19.1 Å². The van der Waals surface area contributed by atoms with E-state index in [1.807, 2.05) is 0 Å². The van der Waals surface area contributed by atoms with Gasteiger partial charge in [-0.05, 0) is 31.2 Å². The van der Waals surface area contributed by atoms with Gasteiger partial charge >= 0.3 is 0 Å². The quantitative estimate of drug-likeness (QED) is 0.845. The molecule has 0 atom stereocenters.